The molecule has 1 saturated heterocycles. The minimum Gasteiger partial charge on any atom is -0.311 e. The molecule has 1 atom stereocenters. The molecule has 21 heavy (non-hydrogen) atoms. The number of halogens is 1. The van der Waals surface area contributed by atoms with Crippen LogP contribution in [0.4, 0.5) is 5.69 Å². The number of hydrogen-bond donors (Lipinski definition) is 0. The molecule has 3 rings (SSSR count). The third kappa shape index (κ3) is 2.83. The van der Waals surface area contributed by atoms with Gasteiger partial charge in [-0.05, 0) is 12.1 Å². The monoisotopic (exact) mass is 299 g/mol. The molecular formula is C17H14ClNO2. The number of nitrogens with zero attached hydrogens (tertiary/aromatic N) is 1. The highest BCUT2D eigenvalue weighted by Crippen LogP contribution is 2.25. The zero-order valence-corrected chi connectivity index (χ0v) is 12.1. The second-order valence-corrected chi connectivity index (χ2v) is 5.67. The molecule has 0 spiro atoms. The van der Waals surface area contributed by atoms with E-state index in [1.807, 2.05) is 24.3 Å². The Kier molecular flexibility index (Phi) is 3.76. The van der Waals surface area contributed by atoms with Gasteiger partial charge in [0.2, 0.25) is 5.91 Å². The van der Waals surface area contributed by atoms with Crippen LogP contribution in [0.1, 0.15) is 22.3 Å². The summed E-state index contributed by atoms with van der Waals surface area (Å²) in [6.45, 7) is 0.489. The van der Waals surface area contributed by atoms with Crippen molar-refractivity contribution in [2.24, 2.45) is 0 Å². The van der Waals surface area contributed by atoms with Crippen molar-refractivity contribution in [1.29, 1.82) is 0 Å². The SMILES string of the molecule is O=C(c1ccccc1)c1cccc(N2CC(Cl)CC2=O)c1. The number of carbonyl (C=O) groups is 2. The van der Waals surface area contributed by atoms with Crippen molar-refractivity contribution in [2.45, 2.75) is 11.8 Å². The summed E-state index contributed by atoms with van der Waals surface area (Å²) < 4.78 is 0. The average Bonchev–Trinajstić information content (AvgIpc) is 2.86. The van der Waals surface area contributed by atoms with Gasteiger partial charge in [0.15, 0.2) is 5.78 Å². The zero-order chi connectivity index (χ0) is 14.8. The molecule has 0 saturated carbocycles. The average molecular weight is 300 g/mol. The Balaban J connectivity index is 1.90. The van der Waals surface area contributed by atoms with Crippen LogP contribution in [0.15, 0.2) is 54.6 Å². The van der Waals surface area contributed by atoms with E-state index in [-0.39, 0.29) is 17.1 Å². The van der Waals surface area contributed by atoms with Crippen molar-refractivity contribution in [3.8, 4) is 0 Å². The molecule has 1 amide bonds. The molecular weight excluding hydrogens is 286 g/mol. The molecule has 0 aromatic heterocycles. The molecule has 1 aliphatic rings. The number of anilines is 1. The number of amides is 1. The fourth-order valence-corrected chi connectivity index (χ4v) is 2.75. The maximum absolute atomic E-state index is 12.4. The van der Waals surface area contributed by atoms with Crippen LogP contribution in [0.25, 0.3) is 0 Å². The van der Waals surface area contributed by atoms with E-state index in [4.69, 9.17) is 11.6 Å². The molecule has 0 bridgehead atoms. The third-order valence-electron chi connectivity index (χ3n) is 3.53. The van der Waals surface area contributed by atoms with Crippen LogP contribution in [-0.4, -0.2) is 23.6 Å². The van der Waals surface area contributed by atoms with Crippen molar-refractivity contribution in [3.05, 3.63) is 65.7 Å². The summed E-state index contributed by atoms with van der Waals surface area (Å²) >= 11 is 6.02. The highest BCUT2D eigenvalue weighted by Gasteiger charge is 2.29. The standard InChI is InChI=1S/C17H14ClNO2/c18-14-10-16(20)19(11-14)15-8-4-7-13(9-15)17(21)12-5-2-1-3-6-12/h1-9,14H,10-11H2. The van der Waals surface area contributed by atoms with Crippen LogP contribution in [-0.2, 0) is 4.79 Å². The molecule has 1 aliphatic heterocycles. The van der Waals surface area contributed by atoms with E-state index >= 15 is 0 Å². The molecule has 0 radical (unpaired) electrons. The van der Waals surface area contributed by atoms with Crippen LogP contribution in [0.2, 0.25) is 0 Å². The Bertz CT molecular complexity index is 684. The summed E-state index contributed by atoms with van der Waals surface area (Å²) in [6.07, 6.45) is 0.346. The van der Waals surface area contributed by atoms with E-state index in [1.165, 1.54) is 0 Å². The highest BCUT2D eigenvalue weighted by atomic mass is 35.5. The lowest BCUT2D eigenvalue weighted by Gasteiger charge is -2.16. The van der Waals surface area contributed by atoms with E-state index in [2.05, 4.69) is 0 Å². The Morgan fingerprint density at radius 1 is 1.05 bits per heavy atom. The van der Waals surface area contributed by atoms with E-state index < -0.39 is 0 Å². The van der Waals surface area contributed by atoms with Gasteiger partial charge in [-0.25, -0.2) is 0 Å². The second kappa shape index (κ2) is 5.70. The smallest absolute Gasteiger partial charge is 0.228 e. The van der Waals surface area contributed by atoms with E-state index in [9.17, 15) is 9.59 Å². The van der Waals surface area contributed by atoms with E-state index in [1.54, 1.807) is 35.2 Å². The lowest BCUT2D eigenvalue weighted by atomic mass is 10.0. The van der Waals surface area contributed by atoms with Gasteiger partial charge in [-0.15, -0.1) is 11.6 Å². The lowest BCUT2D eigenvalue weighted by Crippen LogP contribution is -2.24. The Morgan fingerprint density at radius 2 is 1.76 bits per heavy atom. The molecule has 106 valence electrons. The minimum atomic E-state index is -0.161. The number of alkyl halides is 1. The van der Waals surface area contributed by atoms with Crippen LogP contribution in [0.5, 0.6) is 0 Å². The summed E-state index contributed by atoms with van der Waals surface area (Å²) in [5, 5.41) is -0.161. The third-order valence-corrected chi connectivity index (χ3v) is 3.83. The van der Waals surface area contributed by atoms with Gasteiger partial charge in [-0.1, -0.05) is 42.5 Å². The maximum atomic E-state index is 12.4. The predicted molar refractivity (Wildman–Crippen MR) is 82.9 cm³/mol. The number of carbonyl (C=O) groups excluding carboxylic acids is 2. The first-order chi connectivity index (χ1) is 10.1. The molecule has 0 N–H and O–H groups in total. The first kappa shape index (κ1) is 13.8. The van der Waals surface area contributed by atoms with Crippen LogP contribution < -0.4 is 4.90 Å². The molecule has 2 aromatic rings. The van der Waals surface area contributed by atoms with Gasteiger partial charge in [0.25, 0.3) is 0 Å². The quantitative estimate of drug-likeness (QED) is 0.644. The van der Waals surface area contributed by atoms with Crippen molar-refractivity contribution in [1.82, 2.24) is 0 Å². The number of rotatable bonds is 3. The Hall–Kier alpha value is -2.13. The fourth-order valence-electron chi connectivity index (χ4n) is 2.48. The van der Waals surface area contributed by atoms with Gasteiger partial charge in [-0.2, -0.15) is 0 Å². The highest BCUT2D eigenvalue weighted by molar-refractivity contribution is 6.24. The largest absolute Gasteiger partial charge is 0.311 e. The molecule has 2 aromatic carbocycles. The van der Waals surface area contributed by atoms with Crippen LogP contribution >= 0.6 is 11.6 Å². The molecule has 4 heteroatoms. The first-order valence-electron chi connectivity index (χ1n) is 6.79. The maximum Gasteiger partial charge on any atom is 0.228 e. The van der Waals surface area contributed by atoms with Crippen molar-refractivity contribution in [3.63, 3.8) is 0 Å². The molecule has 1 fully saturated rings. The number of hydrogen-bond acceptors (Lipinski definition) is 2. The molecule has 1 unspecified atom stereocenters. The van der Waals surface area contributed by atoms with Gasteiger partial charge in [0.05, 0.1) is 5.38 Å². The number of ketones is 1. The Morgan fingerprint density at radius 3 is 2.43 bits per heavy atom. The van der Waals surface area contributed by atoms with Gasteiger partial charge in [-0.3, -0.25) is 9.59 Å². The zero-order valence-electron chi connectivity index (χ0n) is 11.3. The van der Waals surface area contributed by atoms with Crippen LogP contribution in [0.3, 0.4) is 0 Å². The van der Waals surface area contributed by atoms with Gasteiger partial charge >= 0.3 is 0 Å². The normalized spacial score (nSPS) is 18.0. The minimum absolute atomic E-state index is 0.000639. The van der Waals surface area contributed by atoms with Crippen molar-refractivity contribution in [2.75, 3.05) is 11.4 Å². The topological polar surface area (TPSA) is 37.4 Å². The second-order valence-electron chi connectivity index (χ2n) is 5.05. The van der Waals surface area contributed by atoms with Gasteiger partial charge in [0.1, 0.15) is 0 Å². The molecule has 0 aliphatic carbocycles. The van der Waals surface area contributed by atoms with E-state index in [0.29, 0.717) is 24.1 Å². The van der Waals surface area contributed by atoms with Gasteiger partial charge in [0, 0.05) is 29.8 Å². The fraction of sp³-hybridized carbons (Fsp3) is 0.176. The molecule has 1 heterocycles. The van der Waals surface area contributed by atoms with Gasteiger partial charge < -0.3 is 4.90 Å². The Labute approximate surface area is 128 Å². The lowest BCUT2D eigenvalue weighted by molar-refractivity contribution is -0.117. The molecule has 3 nitrogen and oxygen atoms in total. The summed E-state index contributed by atoms with van der Waals surface area (Å²) in [4.78, 5) is 26.0. The first-order valence-corrected chi connectivity index (χ1v) is 7.23. The van der Waals surface area contributed by atoms with Crippen molar-refractivity contribution >= 4 is 29.0 Å². The van der Waals surface area contributed by atoms with Crippen LogP contribution in [0, 0.1) is 0 Å². The summed E-state index contributed by atoms with van der Waals surface area (Å²) in [5.41, 5.74) is 1.94. The number of benzene rings is 2. The predicted octanol–water partition coefficient (Wildman–Crippen LogP) is 3.26. The summed E-state index contributed by atoms with van der Waals surface area (Å²) in [6, 6.07) is 16.2. The summed E-state index contributed by atoms with van der Waals surface area (Å²) in [7, 11) is 0. The van der Waals surface area contributed by atoms with Crippen molar-refractivity contribution < 1.29 is 9.59 Å². The summed E-state index contributed by atoms with van der Waals surface area (Å²) in [5.74, 6) is -0.0502. The van der Waals surface area contributed by atoms with E-state index in [0.717, 1.165) is 5.69 Å².